The molecule has 0 atom stereocenters. The lowest BCUT2D eigenvalue weighted by molar-refractivity contribution is 0.415. The molecule has 8 nitrogen and oxygen atoms in total. The van der Waals surface area contributed by atoms with E-state index in [0.717, 1.165) is 50.7 Å². The molecule has 3 aromatic heterocycles. The second-order valence-electron chi connectivity index (χ2n) is 7.89. The number of fused-ring (bicyclic) bond motifs is 1. The normalized spacial score (nSPS) is 10.9. The number of anilines is 2. The van der Waals surface area contributed by atoms with Crippen LogP contribution in [0.5, 0.6) is 11.5 Å². The van der Waals surface area contributed by atoms with E-state index in [-0.39, 0.29) is 0 Å². The smallest absolute Gasteiger partial charge is 0.156 e. The third-order valence-electron chi connectivity index (χ3n) is 5.57. The summed E-state index contributed by atoms with van der Waals surface area (Å²) in [5.41, 5.74) is 4.47. The first kappa shape index (κ1) is 21.4. The number of pyridine rings is 1. The Kier molecular flexibility index (Phi) is 5.55. The van der Waals surface area contributed by atoms with Crippen LogP contribution in [-0.4, -0.2) is 39.2 Å². The van der Waals surface area contributed by atoms with Gasteiger partial charge in [0, 0.05) is 17.0 Å². The van der Waals surface area contributed by atoms with Crippen LogP contribution in [0.15, 0.2) is 66.7 Å². The van der Waals surface area contributed by atoms with Crippen LogP contribution in [-0.2, 0) is 0 Å². The van der Waals surface area contributed by atoms with Crippen LogP contribution in [0.1, 0.15) is 11.3 Å². The first-order valence-corrected chi connectivity index (χ1v) is 10.8. The van der Waals surface area contributed by atoms with Crippen molar-refractivity contribution in [3.05, 3.63) is 78.0 Å². The summed E-state index contributed by atoms with van der Waals surface area (Å²) < 4.78 is 12.5. The SMILES string of the molecule is COc1ccc(-c2ccc(Nc3cc(C)nn3-c3cc(C)c4cccc(OC)c4n3)nn2)cc1. The zero-order chi connectivity index (χ0) is 23.7. The Morgan fingerprint density at radius 1 is 0.853 bits per heavy atom. The number of aryl methyl sites for hydroxylation is 2. The van der Waals surface area contributed by atoms with Gasteiger partial charge in [-0.3, -0.25) is 0 Å². The average molecular weight is 453 g/mol. The number of aromatic nitrogens is 5. The van der Waals surface area contributed by atoms with Crippen molar-refractivity contribution in [2.75, 3.05) is 19.5 Å². The Balaban J connectivity index is 1.47. The molecule has 0 spiro atoms. The Bertz CT molecular complexity index is 1460. The van der Waals surface area contributed by atoms with Gasteiger partial charge in [-0.1, -0.05) is 12.1 Å². The molecule has 0 saturated carbocycles. The van der Waals surface area contributed by atoms with Gasteiger partial charge in [-0.2, -0.15) is 9.78 Å². The minimum absolute atomic E-state index is 0.605. The summed E-state index contributed by atoms with van der Waals surface area (Å²) in [4.78, 5) is 4.85. The van der Waals surface area contributed by atoms with Gasteiger partial charge in [0.1, 0.15) is 22.8 Å². The van der Waals surface area contributed by atoms with Crippen molar-refractivity contribution in [1.82, 2.24) is 25.0 Å². The van der Waals surface area contributed by atoms with Crippen LogP contribution in [0.25, 0.3) is 28.0 Å². The van der Waals surface area contributed by atoms with Gasteiger partial charge in [0.25, 0.3) is 0 Å². The quantitative estimate of drug-likeness (QED) is 0.376. The zero-order valence-electron chi connectivity index (χ0n) is 19.4. The van der Waals surface area contributed by atoms with Crippen LogP contribution < -0.4 is 14.8 Å². The van der Waals surface area contributed by atoms with E-state index in [1.165, 1.54) is 0 Å². The van der Waals surface area contributed by atoms with Gasteiger partial charge in [0.15, 0.2) is 11.6 Å². The molecule has 0 amide bonds. The number of nitrogens with one attached hydrogen (secondary N) is 1. The standard InChI is InChI=1S/C26H24N6O2/c1-16-14-24(28-26-20(16)6-5-7-22(26)34-4)32-25(15-17(2)31-32)27-23-13-12-21(29-30-23)18-8-10-19(33-3)11-9-18/h5-15H,1-4H3,(H,27,30). The number of nitrogens with zero attached hydrogens (tertiary/aromatic N) is 5. The van der Waals surface area contributed by atoms with Crippen molar-refractivity contribution >= 4 is 22.5 Å². The third-order valence-corrected chi connectivity index (χ3v) is 5.57. The molecule has 1 N–H and O–H groups in total. The van der Waals surface area contributed by atoms with Crippen LogP contribution in [0.4, 0.5) is 11.6 Å². The first-order chi connectivity index (χ1) is 16.6. The first-order valence-electron chi connectivity index (χ1n) is 10.8. The summed E-state index contributed by atoms with van der Waals surface area (Å²) >= 11 is 0. The van der Waals surface area contributed by atoms with Gasteiger partial charge in [-0.25, -0.2) is 4.98 Å². The lowest BCUT2D eigenvalue weighted by Crippen LogP contribution is -2.07. The molecule has 0 saturated heterocycles. The number of para-hydroxylation sites is 1. The molecule has 3 heterocycles. The maximum Gasteiger partial charge on any atom is 0.156 e. The van der Waals surface area contributed by atoms with Crippen LogP contribution in [0, 0.1) is 13.8 Å². The monoisotopic (exact) mass is 452 g/mol. The predicted molar refractivity (Wildman–Crippen MR) is 132 cm³/mol. The van der Waals surface area contributed by atoms with Crippen molar-refractivity contribution in [2.45, 2.75) is 13.8 Å². The molecular formula is C26H24N6O2. The Hall–Kier alpha value is -4.46. The maximum absolute atomic E-state index is 5.53. The molecule has 8 heteroatoms. The van der Waals surface area contributed by atoms with Gasteiger partial charge in [-0.05, 0) is 67.9 Å². The summed E-state index contributed by atoms with van der Waals surface area (Å²) in [6, 6.07) is 21.4. The predicted octanol–water partition coefficient (Wildman–Crippen LogP) is 5.26. The molecule has 5 rings (SSSR count). The molecule has 0 unspecified atom stereocenters. The molecular weight excluding hydrogens is 428 g/mol. The van der Waals surface area contributed by atoms with E-state index in [1.807, 2.05) is 73.7 Å². The molecule has 0 aliphatic heterocycles. The number of hydrogen-bond donors (Lipinski definition) is 1. The van der Waals surface area contributed by atoms with Gasteiger partial charge >= 0.3 is 0 Å². The van der Waals surface area contributed by atoms with Gasteiger partial charge in [0.2, 0.25) is 0 Å². The molecule has 0 radical (unpaired) electrons. The molecule has 2 aromatic carbocycles. The van der Waals surface area contributed by atoms with Gasteiger partial charge < -0.3 is 14.8 Å². The second-order valence-corrected chi connectivity index (χ2v) is 7.89. The molecule has 170 valence electrons. The highest BCUT2D eigenvalue weighted by Crippen LogP contribution is 2.29. The second kappa shape index (κ2) is 8.82. The summed E-state index contributed by atoms with van der Waals surface area (Å²) in [5, 5.41) is 17.7. The molecule has 5 aromatic rings. The fourth-order valence-electron chi connectivity index (χ4n) is 3.86. The number of hydrogen-bond acceptors (Lipinski definition) is 7. The number of benzene rings is 2. The van der Waals surface area contributed by atoms with E-state index in [2.05, 4.69) is 27.5 Å². The van der Waals surface area contributed by atoms with Crippen molar-refractivity contribution in [3.8, 4) is 28.6 Å². The fraction of sp³-hybridized carbons (Fsp3) is 0.154. The third kappa shape index (κ3) is 4.01. The highest BCUT2D eigenvalue weighted by molar-refractivity contribution is 5.88. The minimum Gasteiger partial charge on any atom is -0.497 e. The van der Waals surface area contributed by atoms with Gasteiger partial charge in [-0.15, -0.1) is 10.2 Å². The Labute approximate surface area is 197 Å². The fourth-order valence-corrected chi connectivity index (χ4v) is 3.86. The minimum atomic E-state index is 0.605. The largest absolute Gasteiger partial charge is 0.497 e. The lowest BCUT2D eigenvalue weighted by atomic mass is 10.1. The van der Waals surface area contributed by atoms with E-state index in [9.17, 15) is 0 Å². The lowest BCUT2D eigenvalue weighted by Gasteiger charge is -2.12. The number of methoxy groups -OCH3 is 2. The van der Waals surface area contributed by atoms with Crippen LogP contribution >= 0.6 is 0 Å². The van der Waals surface area contributed by atoms with Crippen LogP contribution in [0.2, 0.25) is 0 Å². The number of ether oxygens (including phenoxy) is 2. The van der Waals surface area contributed by atoms with Crippen molar-refractivity contribution in [2.24, 2.45) is 0 Å². The van der Waals surface area contributed by atoms with E-state index in [1.54, 1.807) is 18.9 Å². The molecule has 0 fully saturated rings. The summed E-state index contributed by atoms with van der Waals surface area (Å²) in [5.74, 6) is 3.56. The van der Waals surface area contributed by atoms with E-state index in [4.69, 9.17) is 14.5 Å². The summed E-state index contributed by atoms with van der Waals surface area (Å²) in [6.45, 7) is 3.99. The number of rotatable bonds is 6. The zero-order valence-corrected chi connectivity index (χ0v) is 19.4. The highest BCUT2D eigenvalue weighted by Gasteiger charge is 2.14. The van der Waals surface area contributed by atoms with Crippen LogP contribution in [0.3, 0.4) is 0 Å². The van der Waals surface area contributed by atoms with Crippen molar-refractivity contribution < 1.29 is 9.47 Å². The summed E-state index contributed by atoms with van der Waals surface area (Å²) in [6.07, 6.45) is 0. The van der Waals surface area contributed by atoms with E-state index < -0.39 is 0 Å². The van der Waals surface area contributed by atoms with E-state index >= 15 is 0 Å². The maximum atomic E-state index is 5.53. The molecule has 0 bridgehead atoms. The van der Waals surface area contributed by atoms with Crippen molar-refractivity contribution in [1.29, 1.82) is 0 Å². The molecule has 0 aliphatic rings. The topological polar surface area (TPSA) is 87.0 Å². The average Bonchev–Trinajstić information content (AvgIpc) is 3.24. The van der Waals surface area contributed by atoms with E-state index in [0.29, 0.717) is 11.6 Å². The Morgan fingerprint density at radius 2 is 1.68 bits per heavy atom. The molecule has 34 heavy (non-hydrogen) atoms. The van der Waals surface area contributed by atoms with Crippen molar-refractivity contribution in [3.63, 3.8) is 0 Å². The summed E-state index contributed by atoms with van der Waals surface area (Å²) in [7, 11) is 3.30. The van der Waals surface area contributed by atoms with Gasteiger partial charge in [0.05, 0.1) is 25.6 Å². The molecule has 0 aliphatic carbocycles. The Morgan fingerprint density at radius 3 is 2.38 bits per heavy atom. The highest BCUT2D eigenvalue weighted by atomic mass is 16.5.